The second-order valence-electron chi connectivity index (χ2n) is 5.78. The van der Waals surface area contributed by atoms with E-state index in [0.29, 0.717) is 16.9 Å². The van der Waals surface area contributed by atoms with Crippen LogP contribution in [0.5, 0.6) is 0 Å². The number of hydrogen-bond donors (Lipinski definition) is 0. The number of hydrogen-bond acceptors (Lipinski definition) is 4. The van der Waals surface area contributed by atoms with Crippen molar-refractivity contribution in [3.05, 3.63) is 85.4 Å². The summed E-state index contributed by atoms with van der Waals surface area (Å²) in [6.07, 6.45) is 3.18. The third kappa shape index (κ3) is 3.46. The zero-order valence-corrected chi connectivity index (χ0v) is 14.3. The van der Waals surface area contributed by atoms with E-state index >= 15 is 0 Å². The number of ether oxygens (including phenoxy) is 1. The lowest BCUT2D eigenvalue weighted by molar-refractivity contribution is -0.384. The maximum atomic E-state index is 12.1. The molecule has 0 spiro atoms. The minimum Gasteiger partial charge on any atom is -0.422 e. The van der Waals surface area contributed by atoms with Gasteiger partial charge < -0.3 is 4.74 Å². The molecule has 0 N–H and O–H groups in total. The molecule has 0 radical (unpaired) electrons. The van der Waals surface area contributed by atoms with Crippen molar-refractivity contribution >= 4 is 35.1 Å². The van der Waals surface area contributed by atoms with Crippen molar-refractivity contribution in [2.75, 3.05) is 0 Å². The topological polar surface area (TPSA) is 69.4 Å². The molecule has 25 heavy (non-hydrogen) atoms. The predicted molar refractivity (Wildman–Crippen MR) is 96.1 cm³/mol. The Labute approximate surface area is 149 Å². The molecule has 0 saturated carbocycles. The molecule has 0 unspecified atom stereocenters. The lowest BCUT2D eigenvalue weighted by atomic mass is 10.0. The number of carbonyl (C=O) groups is 1. The molecule has 126 valence electrons. The van der Waals surface area contributed by atoms with Crippen LogP contribution in [0.2, 0.25) is 5.02 Å². The van der Waals surface area contributed by atoms with Gasteiger partial charge in [-0.1, -0.05) is 41.4 Å². The van der Waals surface area contributed by atoms with Gasteiger partial charge in [0, 0.05) is 11.6 Å². The number of rotatable bonds is 3. The Hall–Kier alpha value is -2.92. The van der Waals surface area contributed by atoms with Crippen molar-refractivity contribution in [2.24, 2.45) is 0 Å². The van der Waals surface area contributed by atoms with Gasteiger partial charge in [-0.15, -0.1) is 0 Å². The van der Waals surface area contributed by atoms with Gasteiger partial charge in [-0.2, -0.15) is 0 Å². The lowest BCUT2D eigenvalue weighted by Crippen LogP contribution is -1.98. The molecular weight excluding hydrogens is 342 g/mol. The van der Waals surface area contributed by atoms with Gasteiger partial charge in [0.05, 0.1) is 10.5 Å². The molecular formula is C19H14ClNO4. The SMILES string of the molecule is Cc1ccc(C2=C/C(=C\c3ccc(Cl)c([N+](=O)[O-])c3)C(=O)O2)c(C)c1. The summed E-state index contributed by atoms with van der Waals surface area (Å²) in [4.78, 5) is 22.5. The van der Waals surface area contributed by atoms with Gasteiger partial charge in [-0.25, -0.2) is 4.79 Å². The van der Waals surface area contributed by atoms with E-state index in [-0.39, 0.29) is 10.7 Å². The molecule has 0 aliphatic carbocycles. The molecule has 2 aromatic carbocycles. The van der Waals surface area contributed by atoms with Crippen LogP contribution in [0.3, 0.4) is 0 Å². The molecule has 0 amide bonds. The molecule has 2 aromatic rings. The van der Waals surface area contributed by atoms with Crippen LogP contribution >= 0.6 is 11.6 Å². The number of benzene rings is 2. The quantitative estimate of drug-likeness (QED) is 0.341. The van der Waals surface area contributed by atoms with Gasteiger partial charge in [0.1, 0.15) is 10.8 Å². The Morgan fingerprint density at radius 3 is 2.60 bits per heavy atom. The maximum Gasteiger partial charge on any atom is 0.343 e. The van der Waals surface area contributed by atoms with Crippen LogP contribution in [0.25, 0.3) is 11.8 Å². The number of carbonyl (C=O) groups excluding carboxylic acids is 1. The Morgan fingerprint density at radius 2 is 1.92 bits per heavy atom. The Kier molecular flexibility index (Phi) is 4.42. The van der Waals surface area contributed by atoms with E-state index < -0.39 is 10.9 Å². The molecule has 0 fully saturated rings. The molecule has 6 heteroatoms. The number of nitro groups is 1. The van der Waals surface area contributed by atoms with E-state index in [2.05, 4.69) is 0 Å². The van der Waals surface area contributed by atoms with Gasteiger partial charge in [0.25, 0.3) is 5.69 Å². The van der Waals surface area contributed by atoms with Gasteiger partial charge in [0.2, 0.25) is 0 Å². The molecule has 3 rings (SSSR count). The average molecular weight is 356 g/mol. The van der Waals surface area contributed by atoms with Crippen LogP contribution < -0.4 is 0 Å². The summed E-state index contributed by atoms with van der Waals surface area (Å²) in [5.41, 5.74) is 3.58. The first-order chi connectivity index (χ1) is 11.8. The summed E-state index contributed by atoms with van der Waals surface area (Å²) in [6, 6.07) is 10.2. The summed E-state index contributed by atoms with van der Waals surface area (Å²) in [7, 11) is 0. The summed E-state index contributed by atoms with van der Waals surface area (Å²) >= 11 is 5.80. The van der Waals surface area contributed by atoms with E-state index in [4.69, 9.17) is 16.3 Å². The number of aryl methyl sites for hydroxylation is 2. The third-order valence-electron chi connectivity index (χ3n) is 3.86. The minimum atomic E-state index is -0.561. The molecule has 1 heterocycles. The fourth-order valence-corrected chi connectivity index (χ4v) is 2.84. The number of halogens is 1. The minimum absolute atomic E-state index is 0.0488. The zero-order valence-electron chi connectivity index (χ0n) is 13.6. The first-order valence-electron chi connectivity index (χ1n) is 7.52. The summed E-state index contributed by atoms with van der Waals surface area (Å²) in [5.74, 6) is -0.0233. The van der Waals surface area contributed by atoms with Crippen LogP contribution in [-0.2, 0) is 9.53 Å². The molecule has 0 bridgehead atoms. The number of esters is 1. The molecule has 0 saturated heterocycles. The van der Waals surface area contributed by atoms with Crippen molar-refractivity contribution in [3.63, 3.8) is 0 Å². The third-order valence-corrected chi connectivity index (χ3v) is 4.18. The maximum absolute atomic E-state index is 12.1. The summed E-state index contributed by atoms with van der Waals surface area (Å²) < 4.78 is 5.35. The smallest absolute Gasteiger partial charge is 0.343 e. The molecule has 0 atom stereocenters. The Morgan fingerprint density at radius 1 is 1.16 bits per heavy atom. The van der Waals surface area contributed by atoms with Crippen molar-refractivity contribution in [3.8, 4) is 0 Å². The molecule has 0 aromatic heterocycles. The van der Waals surface area contributed by atoms with Crippen molar-refractivity contribution in [1.82, 2.24) is 0 Å². The zero-order chi connectivity index (χ0) is 18.1. The van der Waals surface area contributed by atoms with Crippen LogP contribution in [0, 0.1) is 24.0 Å². The highest BCUT2D eigenvalue weighted by Gasteiger charge is 2.23. The number of cyclic esters (lactones) is 1. The number of nitrogens with zero attached hydrogens (tertiary/aromatic N) is 1. The average Bonchev–Trinajstić information content (AvgIpc) is 2.89. The first-order valence-corrected chi connectivity index (χ1v) is 7.90. The van der Waals surface area contributed by atoms with Crippen molar-refractivity contribution in [2.45, 2.75) is 13.8 Å². The fraction of sp³-hybridized carbons (Fsp3) is 0.105. The highest BCUT2D eigenvalue weighted by Crippen LogP contribution is 2.31. The second kappa shape index (κ2) is 6.53. The van der Waals surface area contributed by atoms with Crippen LogP contribution in [0.1, 0.15) is 22.3 Å². The van der Waals surface area contributed by atoms with Crippen LogP contribution in [0.4, 0.5) is 5.69 Å². The van der Waals surface area contributed by atoms with Crippen LogP contribution in [0.15, 0.2) is 48.0 Å². The highest BCUT2D eigenvalue weighted by molar-refractivity contribution is 6.32. The van der Waals surface area contributed by atoms with E-state index in [1.807, 2.05) is 32.0 Å². The lowest BCUT2D eigenvalue weighted by Gasteiger charge is -2.06. The van der Waals surface area contributed by atoms with Gasteiger partial charge >= 0.3 is 5.97 Å². The second-order valence-corrected chi connectivity index (χ2v) is 6.19. The van der Waals surface area contributed by atoms with Gasteiger partial charge in [-0.3, -0.25) is 10.1 Å². The van der Waals surface area contributed by atoms with E-state index in [1.54, 1.807) is 18.2 Å². The van der Waals surface area contributed by atoms with E-state index in [1.165, 1.54) is 12.1 Å². The standard InChI is InChI=1S/C19H14ClNO4/c1-11-3-5-15(12(2)7-11)18-10-14(19(22)25-18)8-13-4-6-16(20)17(9-13)21(23)24/h3-10H,1-2H3/b14-8+. The largest absolute Gasteiger partial charge is 0.422 e. The van der Waals surface area contributed by atoms with E-state index in [0.717, 1.165) is 16.7 Å². The highest BCUT2D eigenvalue weighted by atomic mass is 35.5. The van der Waals surface area contributed by atoms with Gasteiger partial charge in [0.15, 0.2) is 0 Å². The molecule has 5 nitrogen and oxygen atoms in total. The Bertz CT molecular complexity index is 960. The number of nitro benzene ring substituents is 1. The van der Waals surface area contributed by atoms with Crippen molar-refractivity contribution < 1.29 is 14.5 Å². The normalized spacial score (nSPS) is 15.2. The Balaban J connectivity index is 1.99. The predicted octanol–water partition coefficient (Wildman–Crippen LogP) is 4.85. The monoisotopic (exact) mass is 355 g/mol. The molecule has 1 aliphatic heterocycles. The summed E-state index contributed by atoms with van der Waals surface area (Å²) in [5, 5.41) is 11.0. The first kappa shape index (κ1) is 16.9. The van der Waals surface area contributed by atoms with E-state index in [9.17, 15) is 14.9 Å². The van der Waals surface area contributed by atoms with Gasteiger partial charge in [-0.05, 0) is 43.2 Å². The summed E-state index contributed by atoms with van der Waals surface area (Å²) in [6.45, 7) is 3.94. The van der Waals surface area contributed by atoms with Crippen molar-refractivity contribution in [1.29, 1.82) is 0 Å². The molecule has 1 aliphatic rings. The van der Waals surface area contributed by atoms with Crippen LogP contribution in [-0.4, -0.2) is 10.9 Å². The fourth-order valence-electron chi connectivity index (χ4n) is 2.65.